The Labute approximate surface area is 247 Å². The van der Waals surface area contributed by atoms with Crippen LogP contribution in [0.4, 0.5) is 0 Å². The van der Waals surface area contributed by atoms with Crippen LogP contribution in [-0.2, 0) is 20.7 Å². The highest BCUT2D eigenvalue weighted by Crippen LogP contribution is 2.39. The first-order chi connectivity index (χ1) is 20.1. The van der Waals surface area contributed by atoms with E-state index in [0.29, 0.717) is 38.1 Å². The molecule has 4 aromatic carbocycles. The zero-order valence-electron chi connectivity index (χ0n) is 24.2. The smallest absolute Gasteiger partial charge is 0.349 e. The highest BCUT2D eigenvalue weighted by molar-refractivity contribution is 6.04. The summed E-state index contributed by atoms with van der Waals surface area (Å²) in [6.07, 6.45) is -1.16. The van der Waals surface area contributed by atoms with Crippen LogP contribution in [0.25, 0.3) is 21.5 Å². The van der Waals surface area contributed by atoms with Gasteiger partial charge in [0.1, 0.15) is 35.3 Å². The van der Waals surface area contributed by atoms with Gasteiger partial charge >= 0.3 is 17.9 Å². The Morgan fingerprint density at radius 3 is 1.74 bits per heavy atom. The van der Waals surface area contributed by atoms with Crippen molar-refractivity contribution in [3.8, 4) is 11.5 Å². The molecule has 11 heteroatoms. The van der Waals surface area contributed by atoms with E-state index in [9.17, 15) is 39.6 Å². The number of aromatic hydroxyl groups is 2. The molecule has 0 aromatic heterocycles. The zero-order valence-corrected chi connectivity index (χ0v) is 24.2. The summed E-state index contributed by atoms with van der Waals surface area (Å²) in [5.74, 6) is -5.14. The lowest BCUT2D eigenvalue weighted by molar-refractivity contribution is -0.873. The second kappa shape index (κ2) is 13.3. The lowest BCUT2D eigenvalue weighted by Crippen LogP contribution is -2.43. The van der Waals surface area contributed by atoms with E-state index in [1.807, 2.05) is 21.1 Å². The molecule has 0 fully saturated rings. The molecule has 1 atom stereocenters. The number of phenols is 2. The van der Waals surface area contributed by atoms with Crippen LogP contribution in [0.1, 0.15) is 45.2 Å². The lowest BCUT2D eigenvalue weighted by atomic mass is 9.90. The number of phenolic OH excluding ortho intramolecular Hbond substituents is 1. The van der Waals surface area contributed by atoms with E-state index in [2.05, 4.69) is 4.74 Å². The van der Waals surface area contributed by atoms with E-state index in [-0.39, 0.29) is 29.5 Å². The molecule has 0 unspecified atom stereocenters. The average molecular weight is 592 g/mol. The summed E-state index contributed by atoms with van der Waals surface area (Å²) in [6.45, 7) is 1.51. The third kappa shape index (κ3) is 8.28. The number of nitrogens with zero attached hydrogens (tertiary/aromatic N) is 1. The van der Waals surface area contributed by atoms with Gasteiger partial charge in [-0.15, -0.1) is 0 Å². The number of benzene rings is 4. The van der Waals surface area contributed by atoms with Crippen LogP contribution in [0.3, 0.4) is 0 Å². The summed E-state index contributed by atoms with van der Waals surface area (Å²) in [5.41, 5.74) is 0.112. The van der Waals surface area contributed by atoms with Gasteiger partial charge in [0.2, 0.25) is 0 Å². The molecule has 0 bridgehead atoms. The van der Waals surface area contributed by atoms with Gasteiger partial charge in [0.15, 0.2) is 0 Å². The fourth-order valence-corrected chi connectivity index (χ4v) is 4.75. The molecule has 0 spiro atoms. The Morgan fingerprint density at radius 2 is 1.30 bits per heavy atom. The van der Waals surface area contributed by atoms with Gasteiger partial charge in [0, 0.05) is 36.9 Å². The monoisotopic (exact) mass is 591 g/mol. The summed E-state index contributed by atoms with van der Waals surface area (Å²) in [4.78, 5) is 45.4. The van der Waals surface area contributed by atoms with E-state index in [1.54, 1.807) is 48.5 Å². The number of rotatable bonds is 8. The number of ether oxygens (including phenoxy) is 1. The quantitative estimate of drug-likeness (QED) is 0.135. The SMILES string of the molecule is CC(=O)OC(=O)c1cc2ccccc2c(Cc2c(O)c(C(=O)O)cc3ccccc23)c1O.C[N+](C)(C)C[C@H](O)CC(=O)[O-]. The predicted molar refractivity (Wildman–Crippen MR) is 156 cm³/mol. The third-order valence-corrected chi connectivity index (χ3v) is 6.45. The summed E-state index contributed by atoms with van der Waals surface area (Å²) in [6, 6.07) is 16.8. The number of carboxylic acids is 2. The molecule has 43 heavy (non-hydrogen) atoms. The van der Waals surface area contributed by atoms with Crippen molar-refractivity contribution >= 4 is 45.4 Å². The molecule has 4 aromatic rings. The number of aliphatic hydroxyl groups excluding tert-OH is 1. The van der Waals surface area contributed by atoms with Gasteiger partial charge < -0.3 is 39.5 Å². The molecule has 4 N–H and O–H groups in total. The third-order valence-electron chi connectivity index (χ3n) is 6.45. The van der Waals surface area contributed by atoms with E-state index in [1.165, 1.54) is 12.1 Å². The average Bonchev–Trinajstić information content (AvgIpc) is 2.89. The van der Waals surface area contributed by atoms with Crippen molar-refractivity contribution in [1.82, 2.24) is 0 Å². The van der Waals surface area contributed by atoms with Gasteiger partial charge in [-0.2, -0.15) is 0 Å². The van der Waals surface area contributed by atoms with Crippen LogP contribution >= 0.6 is 0 Å². The Balaban J connectivity index is 0.000000393. The Morgan fingerprint density at radius 1 is 0.837 bits per heavy atom. The van der Waals surface area contributed by atoms with Crippen LogP contribution in [0.5, 0.6) is 11.5 Å². The molecule has 0 radical (unpaired) electrons. The van der Waals surface area contributed by atoms with Crippen LogP contribution < -0.4 is 5.11 Å². The first-order valence-corrected chi connectivity index (χ1v) is 13.2. The van der Waals surface area contributed by atoms with Crippen molar-refractivity contribution < 1.29 is 53.9 Å². The molecular weight excluding hydrogens is 558 g/mol. The summed E-state index contributed by atoms with van der Waals surface area (Å²) < 4.78 is 5.20. The number of quaternary nitrogens is 1. The molecule has 226 valence electrons. The van der Waals surface area contributed by atoms with Crippen molar-refractivity contribution in [2.24, 2.45) is 0 Å². The largest absolute Gasteiger partial charge is 0.550 e. The number of fused-ring (bicyclic) bond motifs is 2. The number of carboxylic acid groups (broad SMARTS) is 2. The summed E-state index contributed by atoms with van der Waals surface area (Å²) in [7, 11) is 5.66. The number of aliphatic carboxylic acids is 1. The topological polar surface area (TPSA) is 181 Å². The van der Waals surface area contributed by atoms with Crippen molar-refractivity contribution in [2.45, 2.75) is 25.9 Å². The van der Waals surface area contributed by atoms with Crippen molar-refractivity contribution in [1.29, 1.82) is 0 Å². The Bertz CT molecular complexity index is 1700. The normalized spacial score (nSPS) is 11.8. The van der Waals surface area contributed by atoms with Gasteiger partial charge in [-0.1, -0.05) is 48.5 Å². The summed E-state index contributed by atoms with van der Waals surface area (Å²) >= 11 is 0. The van der Waals surface area contributed by atoms with E-state index in [0.717, 1.165) is 6.92 Å². The highest BCUT2D eigenvalue weighted by atomic mass is 16.6. The first kappa shape index (κ1) is 32.5. The summed E-state index contributed by atoms with van der Waals surface area (Å²) in [5, 5.41) is 52.8. The maximum Gasteiger partial charge on any atom is 0.349 e. The minimum absolute atomic E-state index is 0.0684. The van der Waals surface area contributed by atoms with E-state index in [4.69, 9.17) is 5.11 Å². The van der Waals surface area contributed by atoms with Crippen molar-refractivity contribution in [3.05, 3.63) is 82.9 Å². The fourth-order valence-electron chi connectivity index (χ4n) is 4.75. The molecule has 0 saturated carbocycles. The van der Waals surface area contributed by atoms with Gasteiger partial charge in [0.05, 0.1) is 21.1 Å². The van der Waals surface area contributed by atoms with Gasteiger partial charge in [-0.05, 0) is 33.7 Å². The lowest BCUT2D eigenvalue weighted by Gasteiger charge is -2.26. The highest BCUT2D eigenvalue weighted by Gasteiger charge is 2.24. The van der Waals surface area contributed by atoms with E-state index < -0.39 is 41.5 Å². The molecule has 0 aliphatic heterocycles. The van der Waals surface area contributed by atoms with Crippen LogP contribution in [-0.4, -0.2) is 82.6 Å². The molecule has 0 saturated heterocycles. The second-order valence-electron chi connectivity index (χ2n) is 11.0. The zero-order chi connectivity index (χ0) is 32.1. The van der Waals surface area contributed by atoms with Crippen LogP contribution in [0, 0.1) is 0 Å². The molecule has 0 heterocycles. The minimum atomic E-state index is -1.29. The van der Waals surface area contributed by atoms with E-state index >= 15 is 0 Å². The Hall–Kier alpha value is -5.00. The van der Waals surface area contributed by atoms with Crippen molar-refractivity contribution in [2.75, 3.05) is 27.7 Å². The number of aromatic carboxylic acids is 1. The number of carbonyl (C=O) groups excluding carboxylic acids is 3. The number of hydrogen-bond donors (Lipinski definition) is 4. The number of carbonyl (C=O) groups is 4. The number of likely N-dealkylation sites (N-methyl/N-ethyl adjacent to an activating group) is 1. The number of hydrogen-bond acceptors (Lipinski definition) is 9. The second-order valence-corrected chi connectivity index (χ2v) is 11.0. The predicted octanol–water partition coefficient (Wildman–Crippen LogP) is 2.59. The van der Waals surface area contributed by atoms with Gasteiger partial charge in [-0.25, -0.2) is 9.59 Å². The molecule has 0 amide bonds. The van der Waals surface area contributed by atoms with Crippen molar-refractivity contribution in [3.63, 3.8) is 0 Å². The maximum absolute atomic E-state index is 12.4. The minimum Gasteiger partial charge on any atom is -0.550 e. The van der Waals surface area contributed by atoms with Crippen LogP contribution in [0.2, 0.25) is 0 Å². The Kier molecular flexibility index (Phi) is 10.1. The van der Waals surface area contributed by atoms with Gasteiger partial charge in [-0.3, -0.25) is 4.79 Å². The molecular formula is C32H33NO10. The van der Waals surface area contributed by atoms with Crippen LogP contribution in [0.15, 0.2) is 60.7 Å². The number of aliphatic hydroxyl groups is 1. The maximum atomic E-state index is 12.4. The number of esters is 2. The first-order valence-electron chi connectivity index (χ1n) is 13.2. The fraction of sp³-hybridized carbons (Fsp3) is 0.250. The standard InChI is InChI=1S/C25H18O7.C7H15NO3/c1-13(26)32-25(31)21-11-15-7-3-5-9-17(15)19(23(21)28)12-18-16-8-4-2-6-14(16)10-20(22(18)27)24(29)30;1-8(2,3)5-6(9)4-7(10)11/h2-11,27-28H,12H2,1H3,(H,29,30);6,9H,4-5H2,1-3H3/t;6-/m.1/s1. The van der Waals surface area contributed by atoms with Gasteiger partial charge in [0.25, 0.3) is 0 Å². The molecule has 0 aliphatic carbocycles. The molecule has 4 rings (SSSR count). The molecule has 11 nitrogen and oxygen atoms in total. The molecule has 0 aliphatic rings.